The van der Waals surface area contributed by atoms with Crippen LogP contribution < -0.4 is 10.1 Å². The van der Waals surface area contributed by atoms with Gasteiger partial charge in [-0.15, -0.1) is 0 Å². The normalized spacial score (nSPS) is 12.3. The number of carbonyl (C=O) groups excluding carboxylic acids is 1. The van der Waals surface area contributed by atoms with Gasteiger partial charge in [-0.3, -0.25) is 14.9 Å². The number of nitro benzene ring substituents is 1. The van der Waals surface area contributed by atoms with E-state index in [1.165, 1.54) is 18.2 Å². The number of nitro groups is 1. The van der Waals surface area contributed by atoms with Crippen LogP contribution in [-0.4, -0.2) is 19.2 Å². The third kappa shape index (κ3) is 5.79. The Morgan fingerprint density at radius 1 is 1.20 bits per heavy atom. The predicted molar refractivity (Wildman–Crippen MR) is 106 cm³/mol. The van der Waals surface area contributed by atoms with Gasteiger partial charge in [-0.25, -0.2) is 0 Å². The van der Waals surface area contributed by atoms with Gasteiger partial charge in [-0.2, -0.15) is 0 Å². The summed E-state index contributed by atoms with van der Waals surface area (Å²) >= 11 is 9.97. The molecule has 1 unspecified atom stereocenters. The molecule has 0 heterocycles. The SMILES string of the molecule is Cc1ccc(C(=O)NC(Oc2cccc([N+](=O)[O-])c2)C(Br)(Br)Br)cc1. The zero-order valence-electron chi connectivity index (χ0n) is 12.9. The highest BCUT2D eigenvalue weighted by molar-refractivity contribution is 9.39. The lowest BCUT2D eigenvalue weighted by Crippen LogP contribution is -2.47. The molecule has 1 atom stereocenters. The first-order chi connectivity index (χ1) is 11.7. The first-order valence-corrected chi connectivity index (χ1v) is 9.40. The zero-order chi connectivity index (χ0) is 18.6. The Hall–Kier alpha value is -1.45. The fourth-order valence-electron chi connectivity index (χ4n) is 1.89. The number of nitrogens with one attached hydrogen (secondary N) is 1. The van der Waals surface area contributed by atoms with E-state index in [1.54, 1.807) is 18.2 Å². The minimum absolute atomic E-state index is 0.106. The third-order valence-corrected chi connectivity index (χ3v) is 4.40. The third-order valence-electron chi connectivity index (χ3n) is 3.16. The van der Waals surface area contributed by atoms with Crippen molar-refractivity contribution in [1.29, 1.82) is 0 Å². The molecule has 0 aliphatic carbocycles. The maximum Gasteiger partial charge on any atom is 0.273 e. The Bertz CT molecular complexity index is 776. The molecule has 1 amide bonds. The molecule has 2 aromatic rings. The summed E-state index contributed by atoms with van der Waals surface area (Å²) in [6.07, 6.45) is -0.900. The molecule has 0 radical (unpaired) electrons. The molecule has 0 saturated heterocycles. The summed E-state index contributed by atoms with van der Waals surface area (Å²) in [5.41, 5.74) is 1.40. The fraction of sp³-hybridized carbons (Fsp3) is 0.188. The molecule has 0 fully saturated rings. The summed E-state index contributed by atoms with van der Waals surface area (Å²) in [6.45, 7) is 1.93. The lowest BCUT2D eigenvalue weighted by Gasteiger charge is -2.27. The Morgan fingerprint density at radius 3 is 2.40 bits per heavy atom. The summed E-state index contributed by atoms with van der Waals surface area (Å²) in [5, 5.41) is 13.6. The highest BCUT2D eigenvalue weighted by Gasteiger charge is 2.35. The largest absolute Gasteiger partial charge is 0.467 e. The number of hydrogen-bond acceptors (Lipinski definition) is 4. The number of benzene rings is 2. The molecule has 2 aromatic carbocycles. The minimum Gasteiger partial charge on any atom is -0.467 e. The van der Waals surface area contributed by atoms with E-state index in [4.69, 9.17) is 4.74 Å². The van der Waals surface area contributed by atoms with E-state index in [-0.39, 0.29) is 17.3 Å². The van der Waals surface area contributed by atoms with Crippen molar-refractivity contribution in [3.63, 3.8) is 0 Å². The standard InChI is InChI=1S/C16H13Br3N2O4/c1-10-5-7-11(8-6-10)14(22)20-15(16(17,18)19)25-13-4-2-3-12(9-13)21(23)24/h2-9,15H,1H3,(H,20,22). The first-order valence-electron chi connectivity index (χ1n) is 7.02. The Morgan fingerprint density at radius 2 is 1.84 bits per heavy atom. The molecule has 0 bridgehead atoms. The van der Waals surface area contributed by atoms with Gasteiger partial charge in [0, 0.05) is 11.6 Å². The molecule has 0 aliphatic rings. The lowest BCUT2D eigenvalue weighted by molar-refractivity contribution is -0.384. The molecular formula is C16H13Br3N2O4. The summed E-state index contributed by atoms with van der Waals surface area (Å²) < 4.78 is 4.73. The van der Waals surface area contributed by atoms with Gasteiger partial charge < -0.3 is 10.1 Å². The van der Waals surface area contributed by atoms with Crippen LogP contribution in [0.1, 0.15) is 15.9 Å². The van der Waals surface area contributed by atoms with E-state index in [0.29, 0.717) is 5.56 Å². The molecular weight excluding hydrogens is 524 g/mol. The van der Waals surface area contributed by atoms with Crippen LogP contribution in [-0.2, 0) is 0 Å². The molecule has 0 spiro atoms. The molecule has 0 aromatic heterocycles. The molecule has 25 heavy (non-hydrogen) atoms. The number of non-ortho nitro benzene ring substituents is 1. The van der Waals surface area contributed by atoms with Crippen LogP contribution in [0.25, 0.3) is 0 Å². The molecule has 6 nitrogen and oxygen atoms in total. The van der Waals surface area contributed by atoms with Gasteiger partial charge in [-0.1, -0.05) is 71.6 Å². The van der Waals surface area contributed by atoms with E-state index in [2.05, 4.69) is 53.1 Å². The van der Waals surface area contributed by atoms with Crippen molar-refractivity contribution in [1.82, 2.24) is 5.32 Å². The average molecular weight is 537 g/mol. The van der Waals surface area contributed by atoms with Crippen LogP contribution in [0.5, 0.6) is 5.75 Å². The average Bonchev–Trinajstić information content (AvgIpc) is 2.54. The molecule has 1 N–H and O–H groups in total. The monoisotopic (exact) mass is 534 g/mol. The van der Waals surface area contributed by atoms with Crippen molar-refractivity contribution in [2.45, 2.75) is 15.3 Å². The molecule has 0 saturated carbocycles. The van der Waals surface area contributed by atoms with E-state index >= 15 is 0 Å². The van der Waals surface area contributed by atoms with Crippen molar-refractivity contribution in [2.75, 3.05) is 0 Å². The van der Waals surface area contributed by atoms with Crippen molar-refractivity contribution in [2.24, 2.45) is 0 Å². The number of carbonyl (C=O) groups is 1. The van der Waals surface area contributed by atoms with Crippen molar-refractivity contribution in [3.05, 3.63) is 69.8 Å². The van der Waals surface area contributed by atoms with Crippen LogP contribution in [0.2, 0.25) is 0 Å². The smallest absolute Gasteiger partial charge is 0.273 e. The maximum atomic E-state index is 12.4. The second-order valence-electron chi connectivity index (χ2n) is 5.13. The van der Waals surface area contributed by atoms with Crippen LogP contribution in [0.15, 0.2) is 48.5 Å². The summed E-state index contributed by atoms with van der Waals surface area (Å²) in [7, 11) is 0. The lowest BCUT2D eigenvalue weighted by atomic mass is 10.1. The van der Waals surface area contributed by atoms with Crippen LogP contribution in [0.4, 0.5) is 5.69 Å². The second-order valence-corrected chi connectivity index (χ2v) is 12.1. The first kappa shape index (κ1) is 19.9. The summed E-state index contributed by atoms with van der Waals surface area (Å²) in [6, 6.07) is 12.8. The number of hydrogen-bond donors (Lipinski definition) is 1. The van der Waals surface area contributed by atoms with Gasteiger partial charge in [0.15, 0.2) is 2.14 Å². The van der Waals surface area contributed by atoms with Gasteiger partial charge >= 0.3 is 0 Å². The molecule has 9 heteroatoms. The van der Waals surface area contributed by atoms with Gasteiger partial charge in [0.05, 0.1) is 11.0 Å². The van der Waals surface area contributed by atoms with E-state index in [1.807, 2.05) is 19.1 Å². The Labute approximate surface area is 169 Å². The van der Waals surface area contributed by atoms with E-state index in [0.717, 1.165) is 5.56 Å². The molecule has 0 aliphatic heterocycles. The van der Waals surface area contributed by atoms with Crippen molar-refractivity contribution < 1.29 is 14.5 Å². The summed E-state index contributed by atoms with van der Waals surface area (Å²) in [4.78, 5) is 22.8. The number of aryl methyl sites for hydroxylation is 1. The fourth-order valence-corrected chi connectivity index (χ4v) is 2.52. The van der Waals surface area contributed by atoms with Crippen molar-refractivity contribution >= 4 is 59.4 Å². The molecule has 132 valence electrons. The number of alkyl halides is 3. The van der Waals surface area contributed by atoms with E-state index in [9.17, 15) is 14.9 Å². The topological polar surface area (TPSA) is 81.5 Å². The van der Waals surface area contributed by atoms with Crippen molar-refractivity contribution in [3.8, 4) is 5.75 Å². The highest BCUT2D eigenvalue weighted by atomic mass is 80.0. The van der Waals surface area contributed by atoms with Gasteiger partial charge in [-0.05, 0) is 25.1 Å². The predicted octanol–water partition coefficient (Wildman–Crippen LogP) is 4.88. The Balaban J connectivity index is 2.19. The summed E-state index contributed by atoms with van der Waals surface area (Å²) in [5.74, 6) is -0.107. The highest BCUT2D eigenvalue weighted by Crippen LogP contribution is 2.38. The number of halogens is 3. The van der Waals surface area contributed by atoms with Gasteiger partial charge in [0.1, 0.15) is 5.75 Å². The number of ether oxygens (including phenoxy) is 1. The van der Waals surface area contributed by atoms with Gasteiger partial charge in [0.2, 0.25) is 6.23 Å². The number of amides is 1. The quantitative estimate of drug-likeness (QED) is 0.256. The maximum absolute atomic E-state index is 12.4. The van der Waals surface area contributed by atoms with Crippen LogP contribution in [0.3, 0.4) is 0 Å². The second kappa shape index (κ2) is 8.29. The minimum atomic E-state index is -0.974. The Kier molecular flexibility index (Phi) is 6.59. The number of nitrogens with zero attached hydrogens (tertiary/aromatic N) is 1. The van der Waals surface area contributed by atoms with Gasteiger partial charge in [0.25, 0.3) is 11.6 Å². The zero-order valence-corrected chi connectivity index (χ0v) is 17.7. The van der Waals surface area contributed by atoms with E-state index < -0.39 is 13.3 Å². The van der Waals surface area contributed by atoms with Crippen LogP contribution >= 0.6 is 47.8 Å². The molecule has 2 rings (SSSR count). The van der Waals surface area contributed by atoms with Crippen LogP contribution in [0, 0.1) is 17.0 Å². The number of rotatable bonds is 5.